The van der Waals surface area contributed by atoms with E-state index in [1.807, 2.05) is 0 Å². The van der Waals surface area contributed by atoms with Crippen LogP contribution >= 0.6 is 9.69 Å². The van der Waals surface area contributed by atoms with Gasteiger partial charge in [0, 0.05) is 0 Å². The molecule has 0 aromatic carbocycles. The molecule has 0 saturated carbocycles. The Balaban J connectivity index is 0. The van der Waals surface area contributed by atoms with Gasteiger partial charge in [-0.2, -0.15) is 0 Å². The summed E-state index contributed by atoms with van der Waals surface area (Å²) in [5, 5.41) is 0. The third kappa shape index (κ3) is 701. The molecule has 2 N–H and O–H groups in total. The molecule has 0 aromatic rings. The predicted molar refractivity (Wildman–Crippen MR) is 20.4 cm³/mol. The monoisotopic (exact) mass is 157 g/mol. The summed E-state index contributed by atoms with van der Waals surface area (Å²) in [6, 6.07) is 0. The van der Waals surface area contributed by atoms with Crippen LogP contribution < -0.4 is 5.73 Å². The van der Waals surface area contributed by atoms with Crippen molar-refractivity contribution in [3.05, 3.63) is 6.92 Å². The van der Waals surface area contributed by atoms with E-state index in [2.05, 4.69) is 12.7 Å². The van der Waals surface area contributed by atoms with Crippen LogP contribution in [0.3, 0.4) is 0 Å². The van der Waals surface area contributed by atoms with E-state index in [-0.39, 0.29) is 0 Å². The van der Waals surface area contributed by atoms with Crippen LogP contribution in [0.2, 0.25) is 0 Å². The van der Waals surface area contributed by atoms with Crippen molar-refractivity contribution in [1.82, 2.24) is 0 Å². The van der Waals surface area contributed by atoms with Crippen LogP contribution in [0.15, 0.2) is 0 Å². The molecule has 32 valence electrons. The van der Waals surface area contributed by atoms with Crippen molar-refractivity contribution in [2.24, 2.45) is 5.73 Å². The fraction of sp³-hybridized carbons (Fsp3) is 0. The van der Waals surface area contributed by atoms with E-state index in [1.165, 1.54) is 0 Å². The summed E-state index contributed by atoms with van der Waals surface area (Å²) >= 11 is 0.847. The first kappa shape index (κ1) is 9.54. The average molecular weight is 159 g/mol. The molecule has 0 saturated heterocycles. The Morgan fingerprint density at radius 2 is 1.83 bits per heavy atom. The molecule has 0 aliphatic carbocycles. The quantitative estimate of drug-likeness (QED) is 0.392. The normalized spacial score (nSPS) is 5.17. The zero-order valence-electron chi connectivity index (χ0n) is 3.28. The van der Waals surface area contributed by atoms with Gasteiger partial charge in [0.2, 0.25) is 0 Å². The van der Waals surface area contributed by atoms with Gasteiger partial charge in [0.05, 0.1) is 5.91 Å². The first-order valence-electron chi connectivity index (χ1n) is 1.11. The molecular weight excluding hydrogens is 155 g/mol. The van der Waals surface area contributed by atoms with Crippen LogP contribution in [0.5, 0.6) is 0 Å². The van der Waals surface area contributed by atoms with E-state index < -0.39 is 5.91 Å². The van der Waals surface area contributed by atoms with Gasteiger partial charge in [-0.1, -0.05) is 0 Å². The molecule has 0 bridgehead atoms. The van der Waals surface area contributed by atoms with Gasteiger partial charge >= 0.3 is 27.0 Å². The van der Waals surface area contributed by atoms with E-state index in [1.54, 1.807) is 0 Å². The summed E-state index contributed by atoms with van der Waals surface area (Å²) < 4.78 is 0. The van der Waals surface area contributed by atoms with Crippen molar-refractivity contribution < 1.29 is 22.1 Å². The molecule has 1 amide bonds. The fourth-order valence-corrected chi connectivity index (χ4v) is 0. The predicted octanol–water partition coefficient (Wildman–Crippen LogP) is -0.00721. The van der Waals surface area contributed by atoms with Crippen LogP contribution in [0.4, 0.5) is 0 Å². The molecule has 0 heterocycles. The van der Waals surface area contributed by atoms with Gasteiger partial charge in [0.1, 0.15) is 0 Å². The molecule has 0 rings (SSSR count). The zero-order chi connectivity index (χ0) is 5.58. The summed E-state index contributed by atoms with van der Waals surface area (Å²) in [4.78, 5) is 9.11. The SMILES string of the molecule is [CH2-]C(N)=O.[Cl][Zn+]. The Bertz CT molecular complexity index is 36.5. The number of halogens is 1. The second-order valence-corrected chi connectivity index (χ2v) is 0.466. The van der Waals surface area contributed by atoms with E-state index in [0.29, 0.717) is 0 Å². The van der Waals surface area contributed by atoms with Crippen LogP contribution in [0.1, 0.15) is 0 Å². The maximum absolute atomic E-state index is 9.11. The number of nitrogens with two attached hydrogens (primary N) is 1. The van der Waals surface area contributed by atoms with Gasteiger partial charge in [-0.3, -0.25) is 0 Å². The summed E-state index contributed by atoms with van der Waals surface area (Å²) in [6.45, 7) is 2.78. The third-order valence-corrected chi connectivity index (χ3v) is 0. The van der Waals surface area contributed by atoms with Crippen molar-refractivity contribution in [2.45, 2.75) is 0 Å². The Morgan fingerprint density at radius 3 is 1.83 bits per heavy atom. The Labute approximate surface area is 50.8 Å². The Morgan fingerprint density at radius 1 is 1.83 bits per heavy atom. The van der Waals surface area contributed by atoms with Crippen molar-refractivity contribution in [3.8, 4) is 0 Å². The van der Waals surface area contributed by atoms with Gasteiger partial charge < -0.3 is 17.5 Å². The number of amides is 1. The maximum atomic E-state index is 9.11. The van der Waals surface area contributed by atoms with Gasteiger partial charge in [-0.25, -0.2) is 0 Å². The second-order valence-electron chi connectivity index (χ2n) is 0.466. The minimum absolute atomic E-state index is 0.583. The molecular formula is C2H4ClNOZn. The molecule has 0 spiro atoms. The minimum atomic E-state index is -0.583. The molecule has 0 fully saturated rings. The zero-order valence-corrected chi connectivity index (χ0v) is 7.00. The average Bonchev–Trinajstić information content (AvgIpc) is 1.41. The molecule has 0 aliphatic rings. The number of rotatable bonds is 0. The summed E-state index contributed by atoms with van der Waals surface area (Å²) in [5.74, 6) is -0.583. The van der Waals surface area contributed by atoms with Crippen LogP contribution in [0.25, 0.3) is 0 Å². The molecule has 2 nitrogen and oxygen atoms in total. The molecule has 0 radical (unpaired) electrons. The van der Waals surface area contributed by atoms with Crippen molar-refractivity contribution >= 4 is 15.6 Å². The van der Waals surface area contributed by atoms with Crippen molar-refractivity contribution in [1.29, 1.82) is 0 Å². The molecule has 4 heteroatoms. The topological polar surface area (TPSA) is 43.1 Å². The number of hydrogen-bond donors (Lipinski definition) is 1. The molecule has 0 atom stereocenters. The van der Waals surface area contributed by atoms with E-state index in [9.17, 15) is 0 Å². The molecule has 0 aromatic heterocycles. The molecule has 0 unspecified atom stereocenters. The molecule has 6 heavy (non-hydrogen) atoms. The standard InChI is InChI=1S/C2H4NO.ClH.Zn/c1-2(3)4;;/h1H2,(H2,3,4);1H;/q-1;;+2/p-1. The Hall–Kier alpha value is 0.253. The molecule has 0 aliphatic heterocycles. The third-order valence-electron chi connectivity index (χ3n) is 0. The number of primary amides is 1. The number of hydrogen-bond acceptors (Lipinski definition) is 1. The Kier molecular flexibility index (Phi) is 14.3. The summed E-state index contributed by atoms with van der Waals surface area (Å²) in [7, 11) is 4.76. The summed E-state index contributed by atoms with van der Waals surface area (Å²) in [6.07, 6.45) is 0. The van der Waals surface area contributed by atoms with Crippen LogP contribution in [0, 0.1) is 6.92 Å². The first-order chi connectivity index (χ1) is 2.73. The van der Waals surface area contributed by atoms with E-state index in [0.717, 1.165) is 17.3 Å². The van der Waals surface area contributed by atoms with Crippen LogP contribution in [-0.2, 0) is 22.1 Å². The number of carbonyl (C=O) groups excluding carboxylic acids is 1. The van der Waals surface area contributed by atoms with Crippen molar-refractivity contribution in [2.75, 3.05) is 0 Å². The van der Waals surface area contributed by atoms with Gasteiger partial charge in [0.25, 0.3) is 0 Å². The fourth-order valence-electron chi connectivity index (χ4n) is 0. The van der Waals surface area contributed by atoms with Gasteiger partial charge in [-0.15, -0.1) is 0 Å². The first-order valence-corrected chi connectivity index (χ1v) is 5.01. The van der Waals surface area contributed by atoms with Crippen molar-refractivity contribution in [3.63, 3.8) is 0 Å². The van der Waals surface area contributed by atoms with E-state index >= 15 is 0 Å². The van der Waals surface area contributed by atoms with Gasteiger partial charge in [-0.05, 0) is 0 Å². The number of carbonyl (C=O) groups is 1. The van der Waals surface area contributed by atoms with Crippen LogP contribution in [-0.4, -0.2) is 5.91 Å². The second kappa shape index (κ2) is 8.98. The van der Waals surface area contributed by atoms with E-state index in [4.69, 9.17) is 14.5 Å². The van der Waals surface area contributed by atoms with Gasteiger partial charge in [0.15, 0.2) is 0 Å². The summed E-state index contributed by atoms with van der Waals surface area (Å²) in [5.41, 5.74) is 4.36.